The SMILES string of the molecule is CCCCCCCCOc1ccc(Cc2cc([C@@H]3O[C@H](CO)[C@@H](O)[C@H](O)[C@H]3O)ccc2Cl)nn1. The monoisotopic (exact) mass is 494 g/mol. The molecule has 0 amide bonds. The first kappa shape index (κ1) is 26.8. The standard InChI is InChI=1S/C25H35ClN2O6/c1-2-3-4-5-6-7-12-33-21-11-9-18(27-28-21)14-17-13-16(8-10-19(17)26)25-24(32)23(31)22(30)20(15-29)34-25/h8-11,13,20,22-25,29-32H,2-7,12,14-15H2,1H3/t20-,22-,23+,24-,25+/m1/s1. The molecule has 1 aliphatic heterocycles. The minimum Gasteiger partial charge on any atom is -0.477 e. The van der Waals surface area contributed by atoms with Gasteiger partial charge in [-0.15, -0.1) is 5.10 Å². The number of benzene rings is 1. The Morgan fingerprint density at radius 1 is 0.941 bits per heavy atom. The van der Waals surface area contributed by atoms with Gasteiger partial charge >= 0.3 is 0 Å². The van der Waals surface area contributed by atoms with E-state index in [-0.39, 0.29) is 0 Å². The zero-order valence-corrected chi connectivity index (χ0v) is 20.3. The van der Waals surface area contributed by atoms with Crippen LogP contribution in [-0.4, -0.2) is 68.3 Å². The Balaban J connectivity index is 1.59. The molecule has 188 valence electrons. The molecule has 2 heterocycles. The van der Waals surface area contributed by atoms with Crippen LogP contribution in [0.3, 0.4) is 0 Å². The molecule has 2 aromatic rings. The summed E-state index contributed by atoms with van der Waals surface area (Å²) >= 11 is 6.38. The van der Waals surface area contributed by atoms with Gasteiger partial charge in [-0.05, 0) is 29.7 Å². The van der Waals surface area contributed by atoms with Crippen LogP contribution in [0.5, 0.6) is 5.88 Å². The van der Waals surface area contributed by atoms with Crippen molar-refractivity contribution in [3.05, 3.63) is 52.2 Å². The fourth-order valence-corrected chi connectivity index (χ4v) is 4.24. The maximum atomic E-state index is 10.4. The first-order chi connectivity index (χ1) is 16.4. The molecule has 1 fully saturated rings. The van der Waals surface area contributed by atoms with E-state index in [9.17, 15) is 20.4 Å². The second-order valence-corrected chi connectivity index (χ2v) is 9.16. The lowest BCUT2D eigenvalue weighted by Crippen LogP contribution is -2.55. The van der Waals surface area contributed by atoms with Crippen molar-refractivity contribution < 1.29 is 29.9 Å². The molecule has 0 saturated carbocycles. The summed E-state index contributed by atoms with van der Waals surface area (Å²) in [5.41, 5.74) is 2.01. The molecule has 0 spiro atoms. The Hall–Kier alpha value is -1.81. The number of nitrogens with zero attached hydrogens (tertiary/aromatic N) is 2. The van der Waals surface area contributed by atoms with Gasteiger partial charge < -0.3 is 29.9 Å². The molecule has 0 unspecified atom stereocenters. The lowest BCUT2D eigenvalue weighted by Gasteiger charge is -2.40. The van der Waals surface area contributed by atoms with Crippen molar-refractivity contribution in [3.8, 4) is 5.88 Å². The average Bonchev–Trinajstić information content (AvgIpc) is 2.85. The number of aliphatic hydroxyl groups excluding tert-OH is 4. The Bertz CT molecular complexity index is 882. The fraction of sp³-hybridized carbons (Fsp3) is 0.600. The molecule has 0 radical (unpaired) electrons. The zero-order chi connectivity index (χ0) is 24.5. The molecule has 4 N–H and O–H groups in total. The number of rotatable bonds is 12. The van der Waals surface area contributed by atoms with E-state index in [4.69, 9.17) is 21.1 Å². The van der Waals surface area contributed by atoms with Gasteiger partial charge in [0, 0.05) is 17.5 Å². The molecule has 1 aromatic heterocycles. The lowest BCUT2D eigenvalue weighted by atomic mass is 9.90. The molecule has 3 rings (SSSR count). The predicted octanol–water partition coefficient (Wildman–Crippen LogP) is 2.98. The molecular formula is C25H35ClN2O6. The normalized spacial score (nSPS) is 24.8. The van der Waals surface area contributed by atoms with E-state index >= 15 is 0 Å². The molecule has 9 heteroatoms. The van der Waals surface area contributed by atoms with Crippen molar-refractivity contribution in [1.29, 1.82) is 0 Å². The van der Waals surface area contributed by atoms with E-state index in [2.05, 4.69) is 17.1 Å². The van der Waals surface area contributed by atoms with Crippen LogP contribution in [0, 0.1) is 0 Å². The predicted molar refractivity (Wildman–Crippen MR) is 128 cm³/mol. The van der Waals surface area contributed by atoms with Crippen LogP contribution in [0.25, 0.3) is 0 Å². The van der Waals surface area contributed by atoms with Crippen LogP contribution in [0.15, 0.2) is 30.3 Å². The van der Waals surface area contributed by atoms with Gasteiger partial charge in [0.05, 0.1) is 18.9 Å². The van der Waals surface area contributed by atoms with Gasteiger partial charge in [0.1, 0.15) is 30.5 Å². The number of aliphatic hydroxyl groups is 4. The minimum atomic E-state index is -1.44. The topological polar surface area (TPSA) is 125 Å². The third kappa shape index (κ3) is 7.10. The van der Waals surface area contributed by atoms with Gasteiger partial charge in [0.25, 0.3) is 0 Å². The number of aromatic nitrogens is 2. The minimum absolute atomic E-state index is 0.398. The van der Waals surface area contributed by atoms with Gasteiger partial charge in [-0.2, -0.15) is 5.10 Å². The number of unbranched alkanes of at least 4 members (excludes halogenated alkanes) is 5. The largest absolute Gasteiger partial charge is 0.477 e. The van der Waals surface area contributed by atoms with E-state index < -0.39 is 37.1 Å². The van der Waals surface area contributed by atoms with Crippen molar-refractivity contribution in [3.63, 3.8) is 0 Å². The van der Waals surface area contributed by atoms with Gasteiger partial charge in [-0.25, -0.2) is 0 Å². The van der Waals surface area contributed by atoms with Crippen LogP contribution < -0.4 is 4.74 Å². The van der Waals surface area contributed by atoms with Crippen LogP contribution in [0.2, 0.25) is 5.02 Å². The summed E-state index contributed by atoms with van der Waals surface area (Å²) in [6.45, 7) is 2.34. The molecule has 34 heavy (non-hydrogen) atoms. The smallest absolute Gasteiger partial charge is 0.233 e. The van der Waals surface area contributed by atoms with E-state index in [1.54, 1.807) is 24.3 Å². The van der Waals surface area contributed by atoms with E-state index in [1.165, 1.54) is 25.7 Å². The van der Waals surface area contributed by atoms with Crippen LogP contribution in [0.4, 0.5) is 0 Å². The number of hydrogen-bond acceptors (Lipinski definition) is 8. The quantitative estimate of drug-likeness (QED) is 0.332. The molecule has 1 aromatic carbocycles. The average molecular weight is 495 g/mol. The summed E-state index contributed by atoms with van der Waals surface area (Å²) in [7, 11) is 0. The van der Waals surface area contributed by atoms with Gasteiger partial charge in [-0.1, -0.05) is 62.8 Å². The van der Waals surface area contributed by atoms with E-state index in [0.29, 0.717) is 35.2 Å². The van der Waals surface area contributed by atoms with Crippen LogP contribution in [-0.2, 0) is 11.2 Å². The third-order valence-corrected chi connectivity index (χ3v) is 6.47. The summed E-state index contributed by atoms with van der Waals surface area (Å²) in [6.07, 6.45) is 1.46. The lowest BCUT2D eigenvalue weighted by molar-refractivity contribution is -0.231. The highest BCUT2D eigenvalue weighted by Crippen LogP contribution is 2.34. The molecule has 5 atom stereocenters. The van der Waals surface area contributed by atoms with E-state index in [1.807, 2.05) is 6.07 Å². The summed E-state index contributed by atoms with van der Waals surface area (Å²) in [4.78, 5) is 0. The Morgan fingerprint density at radius 2 is 1.71 bits per heavy atom. The zero-order valence-electron chi connectivity index (χ0n) is 19.5. The van der Waals surface area contributed by atoms with Crippen molar-refractivity contribution in [2.75, 3.05) is 13.2 Å². The molecule has 1 aliphatic rings. The Kier molecular flexibility index (Phi) is 10.5. The highest BCUT2D eigenvalue weighted by molar-refractivity contribution is 6.31. The van der Waals surface area contributed by atoms with Crippen molar-refractivity contribution >= 4 is 11.6 Å². The Morgan fingerprint density at radius 3 is 2.41 bits per heavy atom. The number of hydrogen-bond donors (Lipinski definition) is 4. The number of ether oxygens (including phenoxy) is 2. The maximum absolute atomic E-state index is 10.4. The van der Waals surface area contributed by atoms with Gasteiger partial charge in [0.2, 0.25) is 5.88 Å². The Labute approximate surface area is 205 Å². The molecule has 8 nitrogen and oxygen atoms in total. The van der Waals surface area contributed by atoms with E-state index in [0.717, 1.165) is 18.4 Å². The molecule has 0 bridgehead atoms. The van der Waals surface area contributed by atoms with Crippen molar-refractivity contribution in [2.45, 2.75) is 82.4 Å². The van der Waals surface area contributed by atoms with Crippen molar-refractivity contribution in [2.24, 2.45) is 0 Å². The highest BCUT2D eigenvalue weighted by atomic mass is 35.5. The van der Waals surface area contributed by atoms with Crippen molar-refractivity contribution in [1.82, 2.24) is 10.2 Å². The molecule has 1 saturated heterocycles. The summed E-state index contributed by atoms with van der Waals surface area (Å²) in [5.74, 6) is 0.485. The third-order valence-electron chi connectivity index (χ3n) is 6.11. The number of halogens is 1. The second-order valence-electron chi connectivity index (χ2n) is 8.76. The fourth-order valence-electron chi connectivity index (χ4n) is 4.06. The van der Waals surface area contributed by atoms with Crippen LogP contribution in [0.1, 0.15) is 68.4 Å². The maximum Gasteiger partial charge on any atom is 0.233 e. The highest BCUT2D eigenvalue weighted by Gasteiger charge is 2.44. The van der Waals surface area contributed by atoms with Gasteiger partial charge in [0.15, 0.2) is 0 Å². The summed E-state index contributed by atoms with van der Waals surface area (Å²) in [6, 6.07) is 8.75. The molecule has 0 aliphatic carbocycles. The van der Waals surface area contributed by atoms with Gasteiger partial charge in [-0.3, -0.25) is 0 Å². The summed E-state index contributed by atoms with van der Waals surface area (Å²) < 4.78 is 11.3. The second kappa shape index (κ2) is 13.3. The first-order valence-electron chi connectivity index (χ1n) is 12.0. The first-order valence-corrected chi connectivity index (χ1v) is 12.4. The summed E-state index contributed by atoms with van der Waals surface area (Å²) in [5, 5.41) is 48.8. The van der Waals surface area contributed by atoms with Crippen LogP contribution >= 0.6 is 11.6 Å². The molecular weight excluding hydrogens is 460 g/mol.